The molecule has 132 valence electrons. The van der Waals surface area contributed by atoms with Gasteiger partial charge in [-0.05, 0) is 24.3 Å². The molecule has 0 heterocycles. The number of nitrogens with one attached hydrogen (secondary N) is 1. The average Bonchev–Trinajstić information content (AvgIpc) is 2.53. The number of amides is 1. The van der Waals surface area contributed by atoms with Gasteiger partial charge in [0, 0.05) is 29.6 Å². The van der Waals surface area contributed by atoms with E-state index in [1.54, 1.807) is 0 Å². The van der Waals surface area contributed by atoms with Crippen LogP contribution < -0.4 is 10.1 Å². The van der Waals surface area contributed by atoms with E-state index in [0.29, 0.717) is 11.4 Å². The van der Waals surface area contributed by atoms with Crippen LogP contribution in [0.5, 0.6) is 5.75 Å². The summed E-state index contributed by atoms with van der Waals surface area (Å²) in [5.41, 5.74) is -0.342. The van der Waals surface area contributed by atoms with Crippen molar-refractivity contribution in [1.29, 1.82) is 0 Å². The van der Waals surface area contributed by atoms with E-state index in [2.05, 4.69) is 5.32 Å². The lowest BCUT2D eigenvalue weighted by Crippen LogP contribution is -2.13. The van der Waals surface area contributed by atoms with Gasteiger partial charge in [-0.15, -0.1) is 0 Å². The Hall–Kier alpha value is -2.65. The van der Waals surface area contributed by atoms with E-state index in [1.807, 2.05) is 0 Å². The summed E-state index contributed by atoms with van der Waals surface area (Å²) in [5, 5.41) is 13.7. The number of rotatable bonds is 5. The molecular weight excluding hydrogens is 372 g/mol. The summed E-state index contributed by atoms with van der Waals surface area (Å²) in [6.45, 7) is 0. The molecule has 0 atom stereocenters. The van der Waals surface area contributed by atoms with Crippen molar-refractivity contribution in [2.24, 2.45) is 0 Å². The van der Waals surface area contributed by atoms with Gasteiger partial charge in [0.15, 0.2) is 9.84 Å². The van der Waals surface area contributed by atoms with Gasteiger partial charge in [0.05, 0.1) is 22.0 Å². The summed E-state index contributed by atoms with van der Waals surface area (Å²) in [7, 11) is -2.29. The lowest BCUT2D eigenvalue weighted by molar-refractivity contribution is -0.385. The fourth-order valence-corrected chi connectivity index (χ4v) is 2.91. The quantitative estimate of drug-likeness (QED) is 0.625. The number of hydrogen-bond acceptors (Lipinski definition) is 6. The molecule has 0 saturated heterocycles. The summed E-state index contributed by atoms with van der Waals surface area (Å²) in [6.07, 6.45) is 0.900. The molecular formula is C15H13ClN2O6S. The molecule has 8 nitrogen and oxygen atoms in total. The highest BCUT2D eigenvalue weighted by atomic mass is 35.5. The van der Waals surface area contributed by atoms with Gasteiger partial charge in [0.2, 0.25) is 0 Å². The monoisotopic (exact) mass is 384 g/mol. The second-order valence-corrected chi connectivity index (χ2v) is 7.47. The van der Waals surface area contributed by atoms with Crippen LogP contribution in [0.15, 0.2) is 41.3 Å². The van der Waals surface area contributed by atoms with Crippen molar-refractivity contribution in [3.8, 4) is 5.75 Å². The highest BCUT2D eigenvalue weighted by Crippen LogP contribution is 2.28. The van der Waals surface area contributed by atoms with E-state index in [4.69, 9.17) is 16.3 Å². The summed E-state index contributed by atoms with van der Waals surface area (Å²) < 4.78 is 28.3. The lowest BCUT2D eigenvalue weighted by atomic mass is 10.2. The SMILES string of the molecule is COc1ccc(NC(=O)c2cc([N+](=O)[O-])cc(S(C)(=O)=O)c2)cc1Cl. The Balaban J connectivity index is 2.40. The van der Waals surface area contributed by atoms with Crippen LogP contribution in [0.1, 0.15) is 10.4 Å². The van der Waals surface area contributed by atoms with Crippen molar-refractivity contribution < 1.29 is 22.9 Å². The van der Waals surface area contributed by atoms with Gasteiger partial charge in [0.25, 0.3) is 11.6 Å². The third-order valence-corrected chi connectivity index (χ3v) is 4.59. The first kappa shape index (κ1) is 18.7. The molecule has 0 spiro atoms. The fraction of sp³-hybridized carbons (Fsp3) is 0.133. The minimum Gasteiger partial charge on any atom is -0.495 e. The van der Waals surface area contributed by atoms with Crippen molar-refractivity contribution >= 4 is 38.7 Å². The van der Waals surface area contributed by atoms with Crippen molar-refractivity contribution in [2.45, 2.75) is 4.90 Å². The summed E-state index contributed by atoms with van der Waals surface area (Å²) in [4.78, 5) is 22.2. The number of nitrogens with zero attached hydrogens (tertiary/aromatic N) is 1. The number of non-ortho nitro benzene ring substituents is 1. The maximum Gasteiger partial charge on any atom is 0.271 e. The molecule has 25 heavy (non-hydrogen) atoms. The second kappa shape index (κ2) is 7.08. The van der Waals surface area contributed by atoms with Gasteiger partial charge in [-0.3, -0.25) is 14.9 Å². The van der Waals surface area contributed by atoms with Crippen molar-refractivity contribution in [3.05, 3.63) is 57.1 Å². The van der Waals surface area contributed by atoms with Crippen LogP contribution in [0, 0.1) is 10.1 Å². The Kier molecular flexibility index (Phi) is 5.29. The number of ether oxygens (including phenoxy) is 1. The van der Waals surface area contributed by atoms with Gasteiger partial charge in [-0.1, -0.05) is 11.6 Å². The third kappa shape index (κ3) is 4.46. The minimum absolute atomic E-state index is 0.165. The molecule has 0 aromatic heterocycles. The molecule has 1 N–H and O–H groups in total. The van der Waals surface area contributed by atoms with Gasteiger partial charge < -0.3 is 10.1 Å². The van der Waals surface area contributed by atoms with E-state index in [1.165, 1.54) is 25.3 Å². The lowest BCUT2D eigenvalue weighted by Gasteiger charge is -2.09. The number of nitro groups is 1. The molecule has 0 radical (unpaired) electrons. The molecule has 2 aromatic carbocycles. The van der Waals surface area contributed by atoms with E-state index < -0.39 is 26.4 Å². The molecule has 0 saturated carbocycles. The Morgan fingerprint density at radius 3 is 2.44 bits per heavy atom. The first-order valence-electron chi connectivity index (χ1n) is 6.76. The predicted octanol–water partition coefficient (Wildman–Crippen LogP) is 2.91. The molecule has 10 heteroatoms. The minimum atomic E-state index is -3.73. The molecule has 1 amide bonds. The largest absolute Gasteiger partial charge is 0.495 e. The van der Waals surface area contributed by atoms with Gasteiger partial charge >= 0.3 is 0 Å². The summed E-state index contributed by atoms with van der Waals surface area (Å²) in [6, 6.07) is 7.46. The number of sulfone groups is 1. The normalized spacial score (nSPS) is 11.0. The highest BCUT2D eigenvalue weighted by molar-refractivity contribution is 7.90. The maximum absolute atomic E-state index is 12.3. The Bertz CT molecular complexity index is 958. The van der Waals surface area contributed by atoms with Crippen LogP contribution in [0.2, 0.25) is 5.02 Å². The van der Waals surface area contributed by atoms with Gasteiger partial charge in [0.1, 0.15) is 5.75 Å². The summed E-state index contributed by atoms with van der Waals surface area (Å²) in [5.74, 6) is -0.302. The zero-order valence-electron chi connectivity index (χ0n) is 13.1. The van der Waals surface area contributed by atoms with Crippen LogP contribution in [0.4, 0.5) is 11.4 Å². The first-order valence-corrected chi connectivity index (χ1v) is 9.03. The van der Waals surface area contributed by atoms with Crippen LogP contribution in [0.25, 0.3) is 0 Å². The third-order valence-electron chi connectivity index (χ3n) is 3.20. The second-order valence-electron chi connectivity index (χ2n) is 5.05. The van der Waals surface area contributed by atoms with E-state index in [-0.39, 0.29) is 15.5 Å². The molecule has 0 fully saturated rings. The topological polar surface area (TPSA) is 116 Å². The predicted molar refractivity (Wildman–Crippen MR) is 92.2 cm³/mol. The van der Waals surface area contributed by atoms with Gasteiger partial charge in [-0.25, -0.2) is 8.42 Å². The van der Waals surface area contributed by atoms with Crippen LogP contribution in [-0.2, 0) is 9.84 Å². The zero-order chi connectivity index (χ0) is 18.8. The Labute approximate surface area is 148 Å². The smallest absolute Gasteiger partial charge is 0.271 e. The molecule has 2 rings (SSSR count). The number of carbonyl (C=O) groups is 1. The number of hydrogen-bond donors (Lipinski definition) is 1. The number of anilines is 1. The van der Waals surface area contributed by atoms with E-state index in [9.17, 15) is 23.3 Å². The molecule has 0 aliphatic carbocycles. The number of benzene rings is 2. The molecule has 0 aliphatic heterocycles. The number of carbonyl (C=O) groups excluding carboxylic acids is 1. The zero-order valence-corrected chi connectivity index (χ0v) is 14.7. The number of nitro benzene ring substituents is 1. The Morgan fingerprint density at radius 2 is 1.92 bits per heavy atom. The maximum atomic E-state index is 12.3. The molecule has 0 aliphatic rings. The van der Waals surface area contributed by atoms with E-state index in [0.717, 1.165) is 24.5 Å². The standard InChI is InChI=1S/C15H13ClN2O6S/c1-24-14-4-3-10(7-13(14)16)17-15(19)9-5-11(18(20)21)8-12(6-9)25(2,22)23/h3-8H,1-2H3,(H,17,19). The molecule has 2 aromatic rings. The average molecular weight is 385 g/mol. The molecule has 0 unspecified atom stereocenters. The van der Waals surface area contributed by atoms with Gasteiger partial charge in [-0.2, -0.15) is 0 Å². The summed E-state index contributed by atoms with van der Waals surface area (Å²) >= 11 is 5.97. The van der Waals surface area contributed by atoms with Crippen LogP contribution in [0.3, 0.4) is 0 Å². The van der Waals surface area contributed by atoms with Crippen molar-refractivity contribution in [2.75, 3.05) is 18.7 Å². The number of halogens is 1. The van der Waals surface area contributed by atoms with Crippen molar-refractivity contribution in [1.82, 2.24) is 0 Å². The number of methoxy groups -OCH3 is 1. The fourth-order valence-electron chi connectivity index (χ4n) is 1.98. The van der Waals surface area contributed by atoms with Crippen LogP contribution in [-0.4, -0.2) is 32.6 Å². The molecule has 0 bridgehead atoms. The Morgan fingerprint density at radius 1 is 1.24 bits per heavy atom. The van der Waals surface area contributed by atoms with Crippen LogP contribution >= 0.6 is 11.6 Å². The highest BCUT2D eigenvalue weighted by Gasteiger charge is 2.19. The van der Waals surface area contributed by atoms with E-state index >= 15 is 0 Å². The first-order chi connectivity index (χ1) is 11.6. The van der Waals surface area contributed by atoms with Crippen molar-refractivity contribution in [3.63, 3.8) is 0 Å².